The van der Waals surface area contributed by atoms with Crippen molar-refractivity contribution in [1.82, 2.24) is 15.6 Å². The van der Waals surface area contributed by atoms with Crippen LogP contribution < -0.4 is 10.6 Å². The first-order valence-corrected chi connectivity index (χ1v) is 6.03. The molecule has 3 N–H and O–H groups in total. The van der Waals surface area contributed by atoms with Crippen LogP contribution >= 0.6 is 0 Å². The molecule has 1 fully saturated rings. The molecule has 1 saturated carbocycles. The maximum Gasteiger partial charge on any atom is 0.315 e. The molecule has 2 aromatic rings. The second-order valence-electron chi connectivity index (χ2n) is 4.56. The molecule has 94 valence electrons. The van der Waals surface area contributed by atoms with Crippen molar-refractivity contribution >= 4 is 16.9 Å². The average molecular weight is 247 g/mol. The van der Waals surface area contributed by atoms with Gasteiger partial charge in [-0.3, -0.25) is 0 Å². The second kappa shape index (κ2) is 4.33. The van der Waals surface area contributed by atoms with Crippen molar-refractivity contribution in [3.05, 3.63) is 35.8 Å². The fourth-order valence-corrected chi connectivity index (χ4v) is 1.92. The lowest BCUT2D eigenvalue weighted by Gasteiger charge is -2.05. The second-order valence-corrected chi connectivity index (χ2v) is 4.56. The molecule has 3 rings (SSSR count). The molecule has 0 saturated heterocycles. The van der Waals surface area contributed by atoms with E-state index < -0.39 is 0 Å². The van der Waals surface area contributed by atoms with Crippen molar-refractivity contribution in [1.29, 1.82) is 0 Å². The number of fused-ring (bicyclic) bond motifs is 1. The van der Waals surface area contributed by atoms with Crippen LogP contribution in [-0.4, -0.2) is 17.1 Å². The van der Waals surface area contributed by atoms with Crippen molar-refractivity contribution < 1.29 is 9.18 Å². The van der Waals surface area contributed by atoms with Gasteiger partial charge in [-0.25, -0.2) is 9.18 Å². The van der Waals surface area contributed by atoms with Crippen LogP contribution in [0.2, 0.25) is 0 Å². The number of carbonyl (C=O) groups is 1. The Morgan fingerprint density at radius 1 is 1.39 bits per heavy atom. The predicted octanol–water partition coefficient (Wildman–Crippen LogP) is 2.27. The monoisotopic (exact) mass is 247 g/mol. The normalized spacial score (nSPS) is 14.7. The lowest BCUT2D eigenvalue weighted by atomic mass is 10.2. The van der Waals surface area contributed by atoms with E-state index in [0.717, 1.165) is 18.4 Å². The SMILES string of the molecule is O=C(NCc1[nH]c2ccccc2c1F)NC1CC1. The van der Waals surface area contributed by atoms with E-state index in [4.69, 9.17) is 0 Å². The standard InChI is InChI=1S/C13H14FN3O/c14-12-9-3-1-2-4-10(9)17-11(12)7-15-13(18)16-8-5-6-8/h1-4,8,17H,5-7H2,(H2,15,16,18). The van der Waals surface area contributed by atoms with E-state index in [0.29, 0.717) is 17.1 Å². The Balaban J connectivity index is 1.70. The van der Waals surface area contributed by atoms with Gasteiger partial charge in [0.2, 0.25) is 0 Å². The minimum Gasteiger partial charge on any atom is -0.354 e. The summed E-state index contributed by atoms with van der Waals surface area (Å²) < 4.78 is 14.0. The smallest absolute Gasteiger partial charge is 0.315 e. The summed E-state index contributed by atoms with van der Waals surface area (Å²) >= 11 is 0. The van der Waals surface area contributed by atoms with Crippen molar-refractivity contribution in [2.24, 2.45) is 0 Å². The molecular formula is C13H14FN3O. The van der Waals surface area contributed by atoms with Gasteiger partial charge in [0.1, 0.15) is 0 Å². The Kier molecular flexibility index (Phi) is 2.66. The summed E-state index contributed by atoms with van der Waals surface area (Å²) in [6.45, 7) is 0.166. The summed E-state index contributed by atoms with van der Waals surface area (Å²) in [5, 5.41) is 5.99. The fraction of sp³-hybridized carbons (Fsp3) is 0.308. The van der Waals surface area contributed by atoms with Gasteiger partial charge in [0.05, 0.1) is 12.2 Å². The first-order chi connectivity index (χ1) is 8.74. The van der Waals surface area contributed by atoms with E-state index in [1.807, 2.05) is 12.1 Å². The quantitative estimate of drug-likeness (QED) is 0.765. The number of aromatic amines is 1. The molecular weight excluding hydrogens is 233 g/mol. The van der Waals surface area contributed by atoms with Crippen molar-refractivity contribution in [3.8, 4) is 0 Å². The third-order valence-electron chi connectivity index (χ3n) is 3.05. The zero-order chi connectivity index (χ0) is 12.5. The Hall–Kier alpha value is -2.04. The summed E-state index contributed by atoms with van der Waals surface area (Å²) in [7, 11) is 0. The first-order valence-electron chi connectivity index (χ1n) is 6.03. The molecule has 0 aliphatic heterocycles. The summed E-state index contributed by atoms with van der Waals surface area (Å²) in [6.07, 6.45) is 2.07. The van der Waals surface area contributed by atoms with E-state index in [1.165, 1.54) is 0 Å². The minimum atomic E-state index is -0.294. The number of hydrogen-bond acceptors (Lipinski definition) is 1. The van der Waals surface area contributed by atoms with Crippen molar-refractivity contribution in [2.45, 2.75) is 25.4 Å². The average Bonchev–Trinajstić information content (AvgIpc) is 3.12. The summed E-state index contributed by atoms with van der Waals surface area (Å²) in [6, 6.07) is 7.22. The molecule has 1 aliphatic rings. The molecule has 1 aliphatic carbocycles. The molecule has 1 heterocycles. The van der Waals surface area contributed by atoms with Gasteiger partial charge in [-0.05, 0) is 25.0 Å². The number of amides is 2. The fourth-order valence-electron chi connectivity index (χ4n) is 1.92. The van der Waals surface area contributed by atoms with Gasteiger partial charge in [0.25, 0.3) is 0 Å². The molecule has 0 bridgehead atoms. The largest absolute Gasteiger partial charge is 0.354 e. The number of benzene rings is 1. The molecule has 0 unspecified atom stereocenters. The number of rotatable bonds is 3. The topological polar surface area (TPSA) is 56.9 Å². The third kappa shape index (κ3) is 2.16. The Bertz CT molecular complexity index is 589. The highest BCUT2D eigenvalue weighted by atomic mass is 19.1. The molecule has 0 spiro atoms. The summed E-state index contributed by atoms with van der Waals surface area (Å²) in [5.41, 5.74) is 1.15. The number of urea groups is 1. The van der Waals surface area contributed by atoms with Crippen molar-refractivity contribution in [3.63, 3.8) is 0 Å². The van der Waals surface area contributed by atoms with Gasteiger partial charge in [-0.2, -0.15) is 0 Å². The maximum atomic E-state index is 14.0. The van der Waals surface area contributed by atoms with Crippen LogP contribution in [0, 0.1) is 5.82 Å². The van der Waals surface area contributed by atoms with Gasteiger partial charge in [0, 0.05) is 16.9 Å². The van der Waals surface area contributed by atoms with Gasteiger partial charge < -0.3 is 15.6 Å². The lowest BCUT2D eigenvalue weighted by molar-refractivity contribution is 0.240. The molecule has 5 heteroatoms. The Morgan fingerprint density at radius 2 is 2.17 bits per heavy atom. The van der Waals surface area contributed by atoms with Gasteiger partial charge in [-0.1, -0.05) is 12.1 Å². The van der Waals surface area contributed by atoms with Crippen LogP contribution in [0.15, 0.2) is 24.3 Å². The molecule has 2 amide bonds. The number of carbonyl (C=O) groups excluding carboxylic acids is 1. The van der Waals surface area contributed by atoms with E-state index in [9.17, 15) is 9.18 Å². The number of aromatic nitrogens is 1. The highest BCUT2D eigenvalue weighted by molar-refractivity contribution is 5.81. The zero-order valence-corrected chi connectivity index (χ0v) is 9.79. The molecule has 18 heavy (non-hydrogen) atoms. The number of nitrogens with one attached hydrogen (secondary N) is 3. The van der Waals surface area contributed by atoms with E-state index >= 15 is 0 Å². The van der Waals surface area contributed by atoms with Crippen LogP contribution in [0.25, 0.3) is 10.9 Å². The lowest BCUT2D eigenvalue weighted by Crippen LogP contribution is -2.36. The van der Waals surface area contributed by atoms with E-state index in [1.54, 1.807) is 12.1 Å². The van der Waals surface area contributed by atoms with Gasteiger partial charge in [0.15, 0.2) is 5.82 Å². The zero-order valence-electron chi connectivity index (χ0n) is 9.79. The molecule has 0 radical (unpaired) electrons. The van der Waals surface area contributed by atoms with E-state index in [-0.39, 0.29) is 18.4 Å². The van der Waals surface area contributed by atoms with Gasteiger partial charge in [-0.15, -0.1) is 0 Å². The molecule has 1 aromatic heterocycles. The van der Waals surface area contributed by atoms with Crippen LogP contribution in [0.3, 0.4) is 0 Å². The van der Waals surface area contributed by atoms with E-state index in [2.05, 4.69) is 15.6 Å². The number of hydrogen-bond donors (Lipinski definition) is 3. The summed E-state index contributed by atoms with van der Waals surface area (Å²) in [4.78, 5) is 14.4. The third-order valence-corrected chi connectivity index (χ3v) is 3.05. The minimum absolute atomic E-state index is 0.166. The highest BCUT2D eigenvalue weighted by Crippen LogP contribution is 2.20. The first kappa shape index (κ1) is 11.1. The highest BCUT2D eigenvalue weighted by Gasteiger charge is 2.23. The number of H-pyrrole nitrogens is 1. The molecule has 4 nitrogen and oxygen atoms in total. The van der Waals surface area contributed by atoms with Crippen LogP contribution in [0.4, 0.5) is 9.18 Å². The van der Waals surface area contributed by atoms with Crippen LogP contribution in [0.1, 0.15) is 18.5 Å². The number of halogens is 1. The Labute approximate surface area is 104 Å². The van der Waals surface area contributed by atoms with Gasteiger partial charge >= 0.3 is 6.03 Å². The number of para-hydroxylation sites is 1. The molecule has 0 atom stereocenters. The Morgan fingerprint density at radius 3 is 2.89 bits per heavy atom. The molecule has 1 aromatic carbocycles. The maximum absolute atomic E-state index is 14.0. The van der Waals surface area contributed by atoms with Crippen molar-refractivity contribution in [2.75, 3.05) is 0 Å². The summed E-state index contributed by atoms with van der Waals surface area (Å²) in [5.74, 6) is -0.294. The predicted molar refractivity (Wildman–Crippen MR) is 66.7 cm³/mol. The van der Waals surface area contributed by atoms with Crippen LogP contribution in [-0.2, 0) is 6.54 Å². The van der Waals surface area contributed by atoms with Crippen LogP contribution in [0.5, 0.6) is 0 Å².